The molecule has 190 valence electrons. The molecule has 4 rings (SSSR count). The van der Waals surface area contributed by atoms with Gasteiger partial charge in [-0.25, -0.2) is 0 Å². The second kappa shape index (κ2) is 12.7. The van der Waals surface area contributed by atoms with Crippen LogP contribution in [0.15, 0.2) is 60.0 Å². The molecule has 3 aromatic rings. The number of aryl methyl sites for hydroxylation is 1. The van der Waals surface area contributed by atoms with Crippen LogP contribution in [0.5, 0.6) is 0 Å². The number of benzene rings is 2. The summed E-state index contributed by atoms with van der Waals surface area (Å²) < 4.78 is 0. The molecule has 1 aliphatic heterocycles. The average Bonchev–Trinajstić information content (AvgIpc) is 3.53. The van der Waals surface area contributed by atoms with Crippen molar-refractivity contribution in [2.75, 3.05) is 32.7 Å². The van der Waals surface area contributed by atoms with Crippen LogP contribution in [-0.2, 0) is 17.9 Å². The van der Waals surface area contributed by atoms with Crippen LogP contribution in [0.1, 0.15) is 39.2 Å². The number of carbonyl (C=O) groups is 2. The van der Waals surface area contributed by atoms with Crippen LogP contribution < -0.4 is 0 Å². The minimum Gasteiger partial charge on any atom is -0.332 e. The first-order valence-corrected chi connectivity index (χ1v) is 13.9. The maximum absolute atomic E-state index is 13.7. The zero-order valence-corrected chi connectivity index (χ0v) is 22.8. The van der Waals surface area contributed by atoms with Crippen molar-refractivity contribution in [1.82, 2.24) is 14.7 Å². The Balaban J connectivity index is 1.56. The van der Waals surface area contributed by atoms with Gasteiger partial charge in [0.1, 0.15) is 6.54 Å². The summed E-state index contributed by atoms with van der Waals surface area (Å²) in [5.41, 5.74) is 2.58. The summed E-state index contributed by atoms with van der Waals surface area (Å²) in [6.45, 7) is 6.27. The lowest BCUT2D eigenvalue weighted by Crippen LogP contribution is -2.45. The highest BCUT2D eigenvalue weighted by atomic mass is 35.5. The number of hydrogen-bond donors (Lipinski definition) is 0. The van der Waals surface area contributed by atoms with E-state index in [0.717, 1.165) is 30.1 Å². The van der Waals surface area contributed by atoms with Gasteiger partial charge < -0.3 is 14.7 Å². The van der Waals surface area contributed by atoms with E-state index < -0.39 is 0 Å². The molecule has 0 radical (unpaired) electrons. The molecule has 36 heavy (non-hydrogen) atoms. The van der Waals surface area contributed by atoms with Gasteiger partial charge in [-0.3, -0.25) is 9.59 Å². The topological polar surface area (TPSA) is 43.9 Å². The number of rotatable bonds is 10. The molecule has 0 bridgehead atoms. The van der Waals surface area contributed by atoms with Crippen LogP contribution >= 0.6 is 34.5 Å². The van der Waals surface area contributed by atoms with E-state index in [1.807, 2.05) is 40.6 Å². The molecule has 1 aliphatic rings. The van der Waals surface area contributed by atoms with Crippen molar-refractivity contribution in [3.63, 3.8) is 0 Å². The van der Waals surface area contributed by atoms with Gasteiger partial charge in [0.2, 0.25) is 5.91 Å². The van der Waals surface area contributed by atoms with E-state index in [2.05, 4.69) is 17.9 Å². The maximum atomic E-state index is 13.7. The molecule has 0 aliphatic carbocycles. The van der Waals surface area contributed by atoms with Crippen molar-refractivity contribution in [2.45, 2.75) is 32.9 Å². The van der Waals surface area contributed by atoms with Crippen LogP contribution in [0.4, 0.5) is 0 Å². The Morgan fingerprint density at radius 2 is 1.72 bits per heavy atom. The first kappa shape index (κ1) is 26.7. The van der Waals surface area contributed by atoms with Gasteiger partial charge in [-0.05, 0) is 73.6 Å². The molecule has 2 amide bonds. The van der Waals surface area contributed by atoms with Gasteiger partial charge in [0, 0.05) is 29.5 Å². The second-order valence-electron chi connectivity index (χ2n) is 9.16. The Kier molecular flexibility index (Phi) is 9.43. The van der Waals surface area contributed by atoms with Crippen LogP contribution in [0, 0.1) is 6.92 Å². The normalized spacial score (nSPS) is 13.6. The lowest BCUT2D eigenvalue weighted by molar-refractivity contribution is -0.133. The van der Waals surface area contributed by atoms with Crippen LogP contribution in [0.3, 0.4) is 0 Å². The number of thiophene rings is 1. The molecular formula is C28H31Cl2N3O2S. The van der Waals surface area contributed by atoms with Gasteiger partial charge in [0.05, 0.1) is 17.1 Å². The van der Waals surface area contributed by atoms with E-state index in [1.165, 1.54) is 18.4 Å². The van der Waals surface area contributed by atoms with Crippen molar-refractivity contribution >= 4 is 46.4 Å². The third kappa shape index (κ3) is 7.10. The molecule has 1 fully saturated rings. The van der Waals surface area contributed by atoms with Crippen molar-refractivity contribution in [2.24, 2.45) is 0 Å². The smallest absolute Gasteiger partial charge is 0.255 e. The lowest BCUT2D eigenvalue weighted by Gasteiger charge is -2.29. The standard InChI is InChI=1S/C28H31Cl2N3O2S/c1-21-11-16-36-26(21)19-33(18-22-7-3-2-4-8-22)27(34)20-32(15-14-31-12-5-6-13-31)28(35)24-10-9-23(29)17-25(24)30/h2-4,7-11,16-17H,5-6,12-15,18-20H2,1H3. The maximum Gasteiger partial charge on any atom is 0.255 e. The molecule has 1 aromatic heterocycles. The van der Waals surface area contributed by atoms with Gasteiger partial charge in [-0.2, -0.15) is 0 Å². The number of carbonyl (C=O) groups excluding carboxylic acids is 2. The summed E-state index contributed by atoms with van der Waals surface area (Å²) >= 11 is 14.1. The summed E-state index contributed by atoms with van der Waals surface area (Å²) in [5, 5.41) is 2.81. The third-order valence-electron chi connectivity index (χ3n) is 6.53. The monoisotopic (exact) mass is 543 g/mol. The van der Waals surface area contributed by atoms with E-state index in [0.29, 0.717) is 35.2 Å². The number of amides is 2. The highest BCUT2D eigenvalue weighted by Gasteiger charge is 2.26. The van der Waals surface area contributed by atoms with Gasteiger partial charge in [0.25, 0.3) is 5.91 Å². The van der Waals surface area contributed by atoms with Crippen LogP contribution in [0.25, 0.3) is 0 Å². The lowest BCUT2D eigenvalue weighted by atomic mass is 10.1. The number of halogens is 2. The largest absolute Gasteiger partial charge is 0.332 e. The predicted octanol–water partition coefficient (Wildman–Crippen LogP) is 6.13. The molecule has 0 N–H and O–H groups in total. The molecule has 2 heterocycles. The highest BCUT2D eigenvalue weighted by Crippen LogP contribution is 2.23. The molecule has 0 saturated carbocycles. The summed E-state index contributed by atoms with van der Waals surface area (Å²) in [4.78, 5) is 34.3. The molecule has 2 aromatic carbocycles. The Hall–Kier alpha value is -2.38. The number of likely N-dealkylation sites (tertiary alicyclic amines) is 1. The van der Waals surface area contributed by atoms with Crippen molar-refractivity contribution in [3.05, 3.63) is 91.6 Å². The first-order chi connectivity index (χ1) is 17.4. The molecule has 1 saturated heterocycles. The Morgan fingerprint density at radius 1 is 0.972 bits per heavy atom. The number of hydrogen-bond acceptors (Lipinski definition) is 4. The highest BCUT2D eigenvalue weighted by molar-refractivity contribution is 7.10. The van der Waals surface area contributed by atoms with Crippen molar-refractivity contribution in [3.8, 4) is 0 Å². The third-order valence-corrected chi connectivity index (χ3v) is 8.09. The quantitative estimate of drug-likeness (QED) is 0.309. The van der Waals surface area contributed by atoms with E-state index in [9.17, 15) is 9.59 Å². The van der Waals surface area contributed by atoms with Crippen molar-refractivity contribution in [1.29, 1.82) is 0 Å². The SMILES string of the molecule is Cc1ccsc1CN(Cc1ccccc1)C(=O)CN(CCN1CCCC1)C(=O)c1ccc(Cl)cc1Cl. The Bertz CT molecular complexity index is 1180. The van der Waals surface area contributed by atoms with E-state index in [1.54, 1.807) is 34.4 Å². The van der Waals surface area contributed by atoms with E-state index in [4.69, 9.17) is 23.2 Å². The van der Waals surface area contributed by atoms with Crippen LogP contribution in [0.2, 0.25) is 10.0 Å². The first-order valence-electron chi connectivity index (χ1n) is 12.2. The molecule has 5 nitrogen and oxygen atoms in total. The fourth-order valence-corrected chi connectivity index (χ4v) is 5.80. The Morgan fingerprint density at radius 3 is 2.39 bits per heavy atom. The molecule has 0 unspecified atom stereocenters. The van der Waals surface area contributed by atoms with Crippen molar-refractivity contribution < 1.29 is 9.59 Å². The van der Waals surface area contributed by atoms with Gasteiger partial charge in [-0.15, -0.1) is 11.3 Å². The van der Waals surface area contributed by atoms with Gasteiger partial charge in [-0.1, -0.05) is 53.5 Å². The summed E-state index contributed by atoms with van der Waals surface area (Å²) in [7, 11) is 0. The zero-order valence-electron chi connectivity index (χ0n) is 20.5. The Labute approximate surface area is 227 Å². The molecule has 0 spiro atoms. The molecular weight excluding hydrogens is 513 g/mol. The fraction of sp³-hybridized carbons (Fsp3) is 0.357. The summed E-state index contributed by atoms with van der Waals surface area (Å²) in [6, 6.07) is 16.9. The minimum absolute atomic E-state index is 0.0110. The zero-order chi connectivity index (χ0) is 25.5. The van der Waals surface area contributed by atoms with Gasteiger partial charge in [0.15, 0.2) is 0 Å². The second-order valence-corrected chi connectivity index (χ2v) is 11.0. The summed E-state index contributed by atoms with van der Waals surface area (Å²) in [6.07, 6.45) is 2.34. The molecule has 0 atom stereocenters. The van der Waals surface area contributed by atoms with E-state index >= 15 is 0 Å². The summed E-state index contributed by atoms with van der Waals surface area (Å²) in [5.74, 6) is -0.345. The van der Waals surface area contributed by atoms with E-state index in [-0.39, 0.29) is 18.4 Å². The molecule has 8 heteroatoms. The fourth-order valence-electron chi connectivity index (χ4n) is 4.39. The average molecular weight is 545 g/mol. The predicted molar refractivity (Wildman–Crippen MR) is 148 cm³/mol. The number of nitrogens with zero attached hydrogens (tertiary/aromatic N) is 3. The van der Waals surface area contributed by atoms with Gasteiger partial charge >= 0.3 is 0 Å². The van der Waals surface area contributed by atoms with Crippen LogP contribution in [-0.4, -0.2) is 59.2 Å². The minimum atomic E-state index is -0.254.